The van der Waals surface area contributed by atoms with Gasteiger partial charge in [-0.3, -0.25) is 14.4 Å². The minimum atomic E-state index is -0.742. The lowest BCUT2D eigenvalue weighted by Gasteiger charge is -2.08. The third-order valence-corrected chi connectivity index (χ3v) is 4.14. The molecule has 3 N–H and O–H groups in total. The lowest BCUT2D eigenvalue weighted by atomic mass is 10.0. The third kappa shape index (κ3) is 2.89. The fourth-order valence-electron chi connectivity index (χ4n) is 2.37. The predicted molar refractivity (Wildman–Crippen MR) is 89.9 cm³/mol. The van der Waals surface area contributed by atoms with Crippen molar-refractivity contribution in [1.82, 2.24) is 0 Å². The Morgan fingerprint density at radius 3 is 2.30 bits per heavy atom. The molecule has 0 radical (unpaired) electrons. The molecule has 114 valence electrons. The van der Waals surface area contributed by atoms with Gasteiger partial charge in [0.2, 0.25) is 5.78 Å². The number of primary amides is 1. The summed E-state index contributed by atoms with van der Waals surface area (Å²) in [4.78, 5) is 36.5. The number of ketones is 1. The number of amides is 2. The number of para-hydroxylation sites is 1. The fourth-order valence-corrected chi connectivity index (χ4v) is 3.09. The first-order valence-corrected chi connectivity index (χ1v) is 7.61. The first-order chi connectivity index (χ1) is 11.1. The molecule has 0 saturated heterocycles. The van der Waals surface area contributed by atoms with Crippen LogP contribution in [-0.4, -0.2) is 16.9 Å². The highest BCUT2D eigenvalue weighted by atomic mass is 32.2. The van der Waals surface area contributed by atoms with Crippen molar-refractivity contribution in [2.24, 2.45) is 5.73 Å². The third-order valence-electron chi connectivity index (χ3n) is 3.34. The summed E-state index contributed by atoms with van der Waals surface area (Å²) >= 11 is 0.575. The monoisotopic (exact) mass is 324 g/mol. The maximum absolute atomic E-state index is 12.8. The largest absolute Gasteiger partial charge is 0.360 e. The maximum atomic E-state index is 12.8. The van der Waals surface area contributed by atoms with Gasteiger partial charge in [0.1, 0.15) is 0 Å². The van der Waals surface area contributed by atoms with E-state index in [1.165, 1.54) is 0 Å². The number of allylic oxidation sites excluding steroid dienone is 1. The van der Waals surface area contributed by atoms with Crippen LogP contribution in [0.4, 0.5) is 10.5 Å². The molecule has 1 aliphatic rings. The second-order valence-electron chi connectivity index (χ2n) is 4.82. The van der Waals surface area contributed by atoms with Crippen LogP contribution < -0.4 is 11.1 Å². The minimum absolute atomic E-state index is 0.0335. The molecule has 0 saturated carbocycles. The van der Waals surface area contributed by atoms with E-state index in [0.717, 1.165) is 0 Å². The predicted octanol–water partition coefficient (Wildman–Crippen LogP) is 3.04. The van der Waals surface area contributed by atoms with E-state index < -0.39 is 16.9 Å². The first kappa shape index (κ1) is 15.1. The number of nitrogens with one attached hydrogen (secondary N) is 1. The molecular weight excluding hydrogens is 312 g/mol. The van der Waals surface area contributed by atoms with Gasteiger partial charge in [-0.1, -0.05) is 48.5 Å². The summed E-state index contributed by atoms with van der Waals surface area (Å²) < 4.78 is 0. The van der Waals surface area contributed by atoms with Crippen molar-refractivity contribution in [1.29, 1.82) is 0 Å². The van der Waals surface area contributed by atoms with Crippen LogP contribution in [0, 0.1) is 0 Å². The van der Waals surface area contributed by atoms with Gasteiger partial charge in [0.25, 0.3) is 11.1 Å². The zero-order valence-electron chi connectivity index (χ0n) is 11.9. The molecule has 0 aliphatic carbocycles. The number of rotatable bonds is 3. The number of nitrogens with two attached hydrogens (primary N) is 1. The molecule has 3 rings (SSSR count). The molecule has 2 amide bonds. The van der Waals surface area contributed by atoms with E-state index in [4.69, 9.17) is 5.73 Å². The van der Waals surface area contributed by atoms with Gasteiger partial charge >= 0.3 is 0 Å². The molecule has 2 aromatic rings. The molecule has 0 aromatic heterocycles. The second kappa shape index (κ2) is 6.10. The van der Waals surface area contributed by atoms with Crippen molar-refractivity contribution in [2.45, 2.75) is 0 Å². The Kier molecular flexibility index (Phi) is 3.99. The highest BCUT2D eigenvalue weighted by molar-refractivity contribution is 8.17. The van der Waals surface area contributed by atoms with Crippen molar-refractivity contribution in [2.75, 3.05) is 5.32 Å². The highest BCUT2D eigenvalue weighted by Gasteiger charge is 2.31. The standard InChI is InChI=1S/C17H12N2O3S/c18-17(22)23-15(14(20)10-6-2-1-3-7-10)13-11-8-4-5-9-12(11)19-16(13)21/h1-9H,(H2,18,22)(H,19,21)/b15-13-. The zero-order chi connectivity index (χ0) is 16.4. The summed E-state index contributed by atoms with van der Waals surface area (Å²) in [6, 6.07) is 15.5. The minimum Gasteiger partial charge on any atom is -0.360 e. The lowest BCUT2D eigenvalue weighted by Crippen LogP contribution is -2.13. The molecule has 23 heavy (non-hydrogen) atoms. The number of fused-ring (bicyclic) bond motifs is 1. The average Bonchev–Trinajstić information content (AvgIpc) is 2.88. The Morgan fingerprint density at radius 2 is 1.61 bits per heavy atom. The van der Waals surface area contributed by atoms with Crippen molar-refractivity contribution >= 4 is 40.0 Å². The van der Waals surface area contributed by atoms with E-state index in [-0.39, 0.29) is 10.5 Å². The summed E-state index contributed by atoms with van der Waals surface area (Å²) in [5, 5.41) is 1.95. The van der Waals surface area contributed by atoms with Crippen LogP contribution in [0.3, 0.4) is 0 Å². The Balaban J connectivity index is 2.18. The van der Waals surface area contributed by atoms with E-state index in [1.807, 2.05) is 0 Å². The van der Waals surface area contributed by atoms with Crippen LogP contribution >= 0.6 is 11.8 Å². The van der Waals surface area contributed by atoms with Gasteiger partial charge in [0, 0.05) is 16.8 Å². The Bertz CT molecular complexity index is 844. The molecule has 5 nitrogen and oxygen atoms in total. The number of hydrogen-bond acceptors (Lipinski definition) is 4. The molecular formula is C17H12N2O3S. The summed E-state index contributed by atoms with van der Waals surface area (Å²) in [5.41, 5.74) is 7.01. The topological polar surface area (TPSA) is 89.3 Å². The van der Waals surface area contributed by atoms with Crippen molar-refractivity contribution < 1.29 is 14.4 Å². The van der Waals surface area contributed by atoms with Gasteiger partial charge < -0.3 is 11.1 Å². The number of hydrogen-bond donors (Lipinski definition) is 2. The lowest BCUT2D eigenvalue weighted by molar-refractivity contribution is -0.110. The van der Waals surface area contributed by atoms with Gasteiger partial charge in [-0.05, 0) is 17.8 Å². The molecule has 1 heterocycles. The van der Waals surface area contributed by atoms with Crippen molar-refractivity contribution in [3.8, 4) is 0 Å². The van der Waals surface area contributed by atoms with Crippen molar-refractivity contribution in [3.63, 3.8) is 0 Å². The quantitative estimate of drug-likeness (QED) is 0.671. The van der Waals surface area contributed by atoms with Gasteiger partial charge in [0.15, 0.2) is 0 Å². The Hall–Kier alpha value is -2.86. The Morgan fingerprint density at radius 1 is 0.957 bits per heavy atom. The van der Waals surface area contributed by atoms with E-state index in [9.17, 15) is 14.4 Å². The first-order valence-electron chi connectivity index (χ1n) is 6.80. The normalized spacial score (nSPS) is 14.9. The smallest absolute Gasteiger partial charge is 0.281 e. The summed E-state index contributed by atoms with van der Waals surface area (Å²) in [6.07, 6.45) is 0. The van der Waals surface area contributed by atoms with E-state index in [2.05, 4.69) is 5.32 Å². The number of carbonyl (C=O) groups excluding carboxylic acids is 3. The van der Waals surface area contributed by atoms with Crippen LogP contribution in [0.1, 0.15) is 15.9 Å². The molecule has 0 unspecified atom stereocenters. The molecule has 1 aliphatic heterocycles. The van der Waals surface area contributed by atoms with Crippen LogP contribution in [0.5, 0.6) is 0 Å². The maximum Gasteiger partial charge on any atom is 0.281 e. The average molecular weight is 324 g/mol. The van der Waals surface area contributed by atoms with Gasteiger partial charge in [-0.25, -0.2) is 0 Å². The highest BCUT2D eigenvalue weighted by Crippen LogP contribution is 2.38. The summed E-state index contributed by atoms with van der Waals surface area (Å²) in [6.45, 7) is 0. The zero-order valence-corrected chi connectivity index (χ0v) is 12.7. The summed E-state index contributed by atoms with van der Waals surface area (Å²) in [7, 11) is 0. The van der Waals surface area contributed by atoms with Crippen LogP contribution in [0.25, 0.3) is 5.57 Å². The summed E-state index contributed by atoms with van der Waals surface area (Å²) in [5.74, 6) is -0.824. The SMILES string of the molecule is NC(=O)S/C(C(=O)c1ccccc1)=C1\C(=O)Nc2ccccc21. The second-order valence-corrected chi connectivity index (χ2v) is 5.83. The van der Waals surface area contributed by atoms with Crippen molar-refractivity contribution in [3.05, 3.63) is 70.6 Å². The number of carbonyl (C=O) groups is 3. The van der Waals surface area contributed by atoms with E-state index in [1.54, 1.807) is 54.6 Å². The van der Waals surface area contributed by atoms with Gasteiger partial charge in [0.05, 0.1) is 10.5 Å². The fraction of sp³-hybridized carbons (Fsp3) is 0. The molecule has 0 fully saturated rings. The van der Waals surface area contributed by atoms with E-state index in [0.29, 0.717) is 28.6 Å². The number of benzene rings is 2. The van der Waals surface area contributed by atoms with Crippen LogP contribution in [0.2, 0.25) is 0 Å². The van der Waals surface area contributed by atoms with E-state index >= 15 is 0 Å². The number of Topliss-reactive ketones (excluding diaryl/α,β-unsaturated/α-hetero) is 1. The number of thioether (sulfide) groups is 1. The molecule has 0 spiro atoms. The van der Waals surface area contributed by atoms with Gasteiger partial charge in [-0.15, -0.1) is 0 Å². The van der Waals surface area contributed by atoms with Gasteiger partial charge in [-0.2, -0.15) is 0 Å². The molecule has 2 aromatic carbocycles. The van der Waals surface area contributed by atoms with Crippen LogP contribution in [0.15, 0.2) is 59.5 Å². The van der Waals surface area contributed by atoms with Crippen LogP contribution in [-0.2, 0) is 4.79 Å². The molecule has 0 atom stereocenters. The molecule has 6 heteroatoms. The molecule has 0 bridgehead atoms. The number of anilines is 1. The Labute approximate surface area is 136 Å².